The number of ketones is 1. The SMILES string of the molecule is CC(=O)CCC(=O)N(C)c1ccccc1C. The number of para-hydroxylation sites is 1. The number of hydrogen-bond donors (Lipinski definition) is 0. The normalized spacial score (nSPS) is 9.94. The van der Waals surface area contributed by atoms with Gasteiger partial charge in [-0.3, -0.25) is 4.79 Å². The second-order valence-electron chi connectivity index (χ2n) is 3.94. The number of benzene rings is 1. The lowest BCUT2D eigenvalue weighted by Gasteiger charge is -2.19. The Kier molecular flexibility index (Phi) is 4.23. The minimum Gasteiger partial charge on any atom is -0.315 e. The molecule has 0 radical (unpaired) electrons. The molecule has 0 aliphatic carbocycles. The topological polar surface area (TPSA) is 37.4 Å². The molecule has 0 bridgehead atoms. The summed E-state index contributed by atoms with van der Waals surface area (Å²) in [5.41, 5.74) is 1.96. The molecule has 3 heteroatoms. The van der Waals surface area contributed by atoms with Gasteiger partial charge in [-0.2, -0.15) is 0 Å². The molecule has 1 amide bonds. The van der Waals surface area contributed by atoms with Crippen LogP contribution in [0, 0.1) is 6.92 Å². The van der Waals surface area contributed by atoms with Gasteiger partial charge in [-0.1, -0.05) is 18.2 Å². The maximum absolute atomic E-state index is 11.8. The summed E-state index contributed by atoms with van der Waals surface area (Å²) in [7, 11) is 1.74. The number of carbonyl (C=O) groups is 2. The van der Waals surface area contributed by atoms with Crippen LogP contribution in [-0.4, -0.2) is 18.7 Å². The summed E-state index contributed by atoms with van der Waals surface area (Å²) in [6.07, 6.45) is 0.592. The molecule has 1 aromatic rings. The van der Waals surface area contributed by atoms with Crippen molar-refractivity contribution in [1.29, 1.82) is 0 Å². The molecule has 0 N–H and O–H groups in total. The number of carbonyl (C=O) groups excluding carboxylic acids is 2. The van der Waals surface area contributed by atoms with Crippen molar-refractivity contribution in [1.82, 2.24) is 0 Å². The molecule has 0 aromatic heterocycles. The average Bonchev–Trinajstić information content (AvgIpc) is 2.25. The number of rotatable bonds is 4. The van der Waals surface area contributed by atoms with Crippen molar-refractivity contribution >= 4 is 17.4 Å². The fourth-order valence-electron chi connectivity index (χ4n) is 1.52. The number of anilines is 1. The van der Waals surface area contributed by atoms with Crippen molar-refractivity contribution < 1.29 is 9.59 Å². The van der Waals surface area contributed by atoms with Crippen LogP contribution >= 0.6 is 0 Å². The molecule has 0 atom stereocenters. The van der Waals surface area contributed by atoms with Gasteiger partial charge in [0, 0.05) is 25.6 Å². The van der Waals surface area contributed by atoms with Gasteiger partial charge in [0.1, 0.15) is 5.78 Å². The van der Waals surface area contributed by atoms with E-state index < -0.39 is 0 Å². The second-order valence-corrected chi connectivity index (χ2v) is 3.94. The number of amides is 1. The summed E-state index contributed by atoms with van der Waals surface area (Å²) < 4.78 is 0. The van der Waals surface area contributed by atoms with E-state index in [0.29, 0.717) is 6.42 Å². The lowest BCUT2D eigenvalue weighted by molar-refractivity contribution is -0.122. The van der Waals surface area contributed by atoms with E-state index in [1.54, 1.807) is 11.9 Å². The van der Waals surface area contributed by atoms with Gasteiger partial charge >= 0.3 is 0 Å². The van der Waals surface area contributed by atoms with E-state index in [2.05, 4.69) is 0 Å². The molecular formula is C13H17NO2. The number of hydrogen-bond acceptors (Lipinski definition) is 2. The third-order valence-electron chi connectivity index (χ3n) is 2.54. The van der Waals surface area contributed by atoms with Gasteiger partial charge in [0.2, 0.25) is 5.91 Å². The van der Waals surface area contributed by atoms with Crippen molar-refractivity contribution in [3.05, 3.63) is 29.8 Å². The maximum atomic E-state index is 11.8. The Labute approximate surface area is 96.1 Å². The van der Waals surface area contributed by atoms with Crippen LogP contribution in [-0.2, 0) is 9.59 Å². The Morgan fingerprint density at radius 3 is 2.38 bits per heavy atom. The van der Waals surface area contributed by atoms with Crippen molar-refractivity contribution in [2.45, 2.75) is 26.7 Å². The Morgan fingerprint density at radius 2 is 1.81 bits per heavy atom. The first-order valence-electron chi connectivity index (χ1n) is 5.34. The predicted octanol–water partition coefficient (Wildman–Crippen LogP) is 2.33. The van der Waals surface area contributed by atoms with E-state index in [1.165, 1.54) is 6.92 Å². The van der Waals surface area contributed by atoms with E-state index in [0.717, 1.165) is 11.3 Å². The largest absolute Gasteiger partial charge is 0.315 e. The Balaban J connectivity index is 2.71. The number of nitrogens with zero attached hydrogens (tertiary/aromatic N) is 1. The molecular weight excluding hydrogens is 202 g/mol. The minimum atomic E-state index is -0.0236. The van der Waals surface area contributed by atoms with Crippen LogP contribution in [0.4, 0.5) is 5.69 Å². The summed E-state index contributed by atoms with van der Waals surface area (Å²) >= 11 is 0. The van der Waals surface area contributed by atoms with E-state index in [1.807, 2.05) is 31.2 Å². The summed E-state index contributed by atoms with van der Waals surface area (Å²) in [4.78, 5) is 24.2. The summed E-state index contributed by atoms with van der Waals surface area (Å²) in [5.74, 6) is 0.0241. The van der Waals surface area contributed by atoms with Gasteiger partial charge in [-0.15, -0.1) is 0 Å². The van der Waals surface area contributed by atoms with Gasteiger partial charge < -0.3 is 9.69 Å². The second kappa shape index (κ2) is 5.45. The molecule has 1 rings (SSSR count). The minimum absolute atomic E-state index is 0.0236. The predicted molar refractivity (Wildman–Crippen MR) is 64.5 cm³/mol. The summed E-state index contributed by atoms with van der Waals surface area (Å²) in [5, 5.41) is 0. The smallest absolute Gasteiger partial charge is 0.227 e. The first-order chi connectivity index (χ1) is 7.52. The molecule has 0 saturated heterocycles. The maximum Gasteiger partial charge on any atom is 0.227 e. The van der Waals surface area contributed by atoms with Crippen molar-refractivity contribution in [2.24, 2.45) is 0 Å². The van der Waals surface area contributed by atoms with Gasteiger partial charge in [0.05, 0.1) is 0 Å². The summed E-state index contributed by atoms with van der Waals surface area (Å²) in [6.45, 7) is 3.46. The van der Waals surface area contributed by atoms with E-state index in [9.17, 15) is 9.59 Å². The van der Waals surface area contributed by atoms with Crippen LogP contribution < -0.4 is 4.90 Å². The lowest BCUT2D eigenvalue weighted by atomic mass is 10.1. The first kappa shape index (κ1) is 12.4. The molecule has 16 heavy (non-hydrogen) atoms. The van der Waals surface area contributed by atoms with Gasteiger partial charge in [-0.25, -0.2) is 0 Å². The number of aryl methyl sites for hydroxylation is 1. The molecule has 0 saturated carbocycles. The van der Waals surface area contributed by atoms with Crippen LogP contribution in [0.1, 0.15) is 25.3 Å². The zero-order chi connectivity index (χ0) is 12.1. The quantitative estimate of drug-likeness (QED) is 0.779. The molecule has 0 aliphatic rings. The highest BCUT2D eigenvalue weighted by Crippen LogP contribution is 2.18. The fourth-order valence-corrected chi connectivity index (χ4v) is 1.52. The molecule has 1 aromatic carbocycles. The van der Waals surface area contributed by atoms with E-state index in [-0.39, 0.29) is 18.1 Å². The highest BCUT2D eigenvalue weighted by Gasteiger charge is 2.12. The van der Waals surface area contributed by atoms with Crippen molar-refractivity contribution in [3.8, 4) is 0 Å². The Hall–Kier alpha value is -1.64. The Morgan fingerprint density at radius 1 is 1.19 bits per heavy atom. The zero-order valence-corrected chi connectivity index (χ0v) is 9.99. The van der Waals surface area contributed by atoms with Crippen molar-refractivity contribution in [2.75, 3.05) is 11.9 Å². The van der Waals surface area contributed by atoms with Crippen LogP contribution in [0.15, 0.2) is 24.3 Å². The number of Topliss-reactive ketones (excluding diaryl/α,β-unsaturated/α-hetero) is 1. The third-order valence-corrected chi connectivity index (χ3v) is 2.54. The zero-order valence-electron chi connectivity index (χ0n) is 9.99. The monoisotopic (exact) mass is 219 g/mol. The van der Waals surface area contributed by atoms with Crippen LogP contribution in [0.25, 0.3) is 0 Å². The Bertz CT molecular complexity index is 399. The average molecular weight is 219 g/mol. The summed E-state index contributed by atoms with van der Waals surface area (Å²) in [6, 6.07) is 7.70. The van der Waals surface area contributed by atoms with Crippen LogP contribution in [0.5, 0.6) is 0 Å². The molecule has 0 heterocycles. The molecule has 86 valence electrons. The highest BCUT2D eigenvalue weighted by atomic mass is 16.2. The van der Waals surface area contributed by atoms with Gasteiger partial charge in [-0.05, 0) is 25.5 Å². The first-order valence-corrected chi connectivity index (χ1v) is 5.34. The molecule has 0 aliphatic heterocycles. The fraction of sp³-hybridized carbons (Fsp3) is 0.385. The van der Waals surface area contributed by atoms with E-state index in [4.69, 9.17) is 0 Å². The van der Waals surface area contributed by atoms with Gasteiger partial charge in [0.15, 0.2) is 0 Å². The highest BCUT2D eigenvalue weighted by molar-refractivity contribution is 5.95. The molecule has 0 unspecified atom stereocenters. The molecule has 0 fully saturated rings. The standard InChI is InChI=1S/C13H17NO2/c1-10-6-4-5-7-12(10)14(3)13(16)9-8-11(2)15/h4-7H,8-9H2,1-3H3. The third kappa shape index (κ3) is 3.19. The lowest BCUT2D eigenvalue weighted by Crippen LogP contribution is -2.27. The molecule has 0 spiro atoms. The van der Waals surface area contributed by atoms with Gasteiger partial charge in [0.25, 0.3) is 0 Å². The van der Waals surface area contributed by atoms with Crippen LogP contribution in [0.3, 0.4) is 0 Å². The van der Waals surface area contributed by atoms with Crippen LogP contribution in [0.2, 0.25) is 0 Å². The molecule has 3 nitrogen and oxygen atoms in total. The van der Waals surface area contributed by atoms with Crippen molar-refractivity contribution in [3.63, 3.8) is 0 Å². The van der Waals surface area contributed by atoms with E-state index >= 15 is 0 Å².